The summed E-state index contributed by atoms with van der Waals surface area (Å²) in [6.45, 7) is 5.11. The molecule has 0 spiro atoms. The molecule has 0 bridgehead atoms. The zero-order chi connectivity index (χ0) is 17.6. The summed E-state index contributed by atoms with van der Waals surface area (Å²) in [4.78, 5) is 26.6. The van der Waals surface area contributed by atoms with Crippen LogP contribution in [0.15, 0.2) is 12.1 Å². The maximum absolute atomic E-state index is 13.5. The number of carbonyl (C=O) groups excluding carboxylic acids is 2. The molecule has 2 aromatic rings. The van der Waals surface area contributed by atoms with Gasteiger partial charge in [-0.2, -0.15) is 4.80 Å². The molecule has 126 valence electrons. The summed E-state index contributed by atoms with van der Waals surface area (Å²) in [7, 11) is 0. The van der Waals surface area contributed by atoms with Crippen molar-refractivity contribution in [1.82, 2.24) is 20.2 Å². The standard InChI is InChI=1S/C14H14F2N6O2/c1-14(2,3)22-19-12(18-20-22)13(24)21-6-11(23)17-9-4-7(15)8(16)5-10(9)21/h4-5H,6H2,1-3H3,(H,17,23). The molecule has 1 aliphatic heterocycles. The summed E-state index contributed by atoms with van der Waals surface area (Å²) in [5.41, 5.74) is -0.454. The molecule has 0 saturated carbocycles. The van der Waals surface area contributed by atoms with Crippen LogP contribution in [0.1, 0.15) is 31.4 Å². The molecule has 2 amide bonds. The average molecular weight is 336 g/mol. The van der Waals surface area contributed by atoms with Crippen molar-refractivity contribution in [2.75, 3.05) is 16.8 Å². The number of fused-ring (bicyclic) bond motifs is 1. The van der Waals surface area contributed by atoms with Crippen LogP contribution in [0.4, 0.5) is 20.2 Å². The zero-order valence-corrected chi connectivity index (χ0v) is 13.2. The molecule has 0 aliphatic carbocycles. The Labute approximate surface area is 135 Å². The fourth-order valence-electron chi connectivity index (χ4n) is 2.16. The molecule has 0 saturated heterocycles. The Bertz CT molecular complexity index is 842. The fraction of sp³-hybridized carbons (Fsp3) is 0.357. The number of hydrogen-bond donors (Lipinski definition) is 1. The fourth-order valence-corrected chi connectivity index (χ4v) is 2.16. The molecule has 1 aromatic heterocycles. The third-order valence-electron chi connectivity index (χ3n) is 3.36. The molecule has 1 aromatic carbocycles. The van der Waals surface area contributed by atoms with Crippen LogP contribution in [0.3, 0.4) is 0 Å². The molecule has 24 heavy (non-hydrogen) atoms. The van der Waals surface area contributed by atoms with E-state index >= 15 is 0 Å². The van der Waals surface area contributed by atoms with Crippen molar-refractivity contribution in [1.29, 1.82) is 0 Å². The van der Waals surface area contributed by atoms with E-state index in [4.69, 9.17) is 0 Å². The van der Waals surface area contributed by atoms with Crippen LogP contribution in [0.2, 0.25) is 0 Å². The molecule has 0 atom stereocenters. The van der Waals surface area contributed by atoms with Crippen LogP contribution in [-0.2, 0) is 10.3 Å². The maximum atomic E-state index is 13.5. The van der Waals surface area contributed by atoms with Crippen molar-refractivity contribution in [2.24, 2.45) is 0 Å². The molecule has 8 nitrogen and oxygen atoms in total. The summed E-state index contributed by atoms with van der Waals surface area (Å²) < 4.78 is 26.9. The summed E-state index contributed by atoms with van der Waals surface area (Å²) in [6, 6.07) is 1.66. The van der Waals surface area contributed by atoms with Gasteiger partial charge in [0.05, 0.1) is 16.9 Å². The van der Waals surface area contributed by atoms with Gasteiger partial charge in [0.2, 0.25) is 5.91 Å². The number of halogens is 2. The first-order valence-electron chi connectivity index (χ1n) is 7.08. The van der Waals surface area contributed by atoms with Crippen molar-refractivity contribution in [3.63, 3.8) is 0 Å². The largest absolute Gasteiger partial charge is 0.323 e. The van der Waals surface area contributed by atoms with Gasteiger partial charge in [0.25, 0.3) is 11.7 Å². The number of carbonyl (C=O) groups is 2. The van der Waals surface area contributed by atoms with E-state index in [0.29, 0.717) is 0 Å². The zero-order valence-electron chi connectivity index (χ0n) is 13.2. The first-order valence-corrected chi connectivity index (χ1v) is 7.08. The SMILES string of the molecule is CC(C)(C)n1nnc(C(=O)N2CC(=O)Nc3cc(F)c(F)cc32)n1. The van der Waals surface area contributed by atoms with Gasteiger partial charge >= 0.3 is 0 Å². The van der Waals surface area contributed by atoms with E-state index < -0.39 is 29.0 Å². The smallest absolute Gasteiger partial charge is 0.300 e. The molecular formula is C14H14F2N6O2. The number of nitrogens with one attached hydrogen (secondary N) is 1. The Kier molecular flexibility index (Phi) is 3.54. The Balaban J connectivity index is 2.01. The second kappa shape index (κ2) is 5.32. The van der Waals surface area contributed by atoms with Crippen LogP contribution < -0.4 is 10.2 Å². The van der Waals surface area contributed by atoms with Gasteiger partial charge in [-0.15, -0.1) is 10.2 Å². The highest BCUT2D eigenvalue weighted by molar-refractivity contribution is 6.13. The van der Waals surface area contributed by atoms with Gasteiger partial charge in [0.1, 0.15) is 6.54 Å². The lowest BCUT2D eigenvalue weighted by molar-refractivity contribution is -0.115. The summed E-state index contributed by atoms with van der Waals surface area (Å²) in [5, 5.41) is 13.9. The Hall–Kier alpha value is -2.91. The highest BCUT2D eigenvalue weighted by Gasteiger charge is 2.32. The molecule has 0 radical (unpaired) electrons. The minimum atomic E-state index is -1.13. The summed E-state index contributed by atoms with van der Waals surface area (Å²) in [6.07, 6.45) is 0. The second-order valence-corrected chi connectivity index (χ2v) is 6.30. The number of rotatable bonds is 1. The van der Waals surface area contributed by atoms with E-state index in [1.165, 1.54) is 4.80 Å². The van der Waals surface area contributed by atoms with E-state index in [-0.39, 0.29) is 23.7 Å². The molecule has 1 N–H and O–H groups in total. The summed E-state index contributed by atoms with van der Waals surface area (Å²) >= 11 is 0. The van der Waals surface area contributed by atoms with Crippen molar-refractivity contribution in [3.05, 3.63) is 29.6 Å². The molecular weight excluding hydrogens is 322 g/mol. The molecule has 0 fully saturated rings. The number of nitrogens with zero attached hydrogens (tertiary/aromatic N) is 5. The van der Waals surface area contributed by atoms with Crippen molar-refractivity contribution in [2.45, 2.75) is 26.3 Å². The van der Waals surface area contributed by atoms with Gasteiger partial charge in [-0.3, -0.25) is 14.5 Å². The van der Waals surface area contributed by atoms with Crippen LogP contribution in [0.25, 0.3) is 0 Å². The van der Waals surface area contributed by atoms with Crippen LogP contribution in [0, 0.1) is 11.6 Å². The highest BCUT2D eigenvalue weighted by atomic mass is 19.2. The molecule has 1 aliphatic rings. The number of hydrogen-bond acceptors (Lipinski definition) is 5. The maximum Gasteiger partial charge on any atom is 0.300 e. The van der Waals surface area contributed by atoms with Gasteiger partial charge in [-0.25, -0.2) is 8.78 Å². The van der Waals surface area contributed by atoms with Gasteiger partial charge in [0.15, 0.2) is 11.6 Å². The number of anilines is 2. The summed E-state index contributed by atoms with van der Waals surface area (Å²) in [5.74, 6) is -3.76. The number of benzene rings is 1. The Morgan fingerprint density at radius 3 is 2.54 bits per heavy atom. The highest BCUT2D eigenvalue weighted by Crippen LogP contribution is 2.32. The van der Waals surface area contributed by atoms with Gasteiger partial charge < -0.3 is 5.32 Å². The van der Waals surface area contributed by atoms with Crippen LogP contribution in [-0.4, -0.2) is 38.6 Å². The predicted octanol–water partition coefficient (Wildman–Crippen LogP) is 1.31. The van der Waals surface area contributed by atoms with Gasteiger partial charge in [0, 0.05) is 12.1 Å². The molecule has 0 unspecified atom stereocenters. The first kappa shape index (κ1) is 16.0. The van der Waals surface area contributed by atoms with E-state index in [9.17, 15) is 18.4 Å². The Morgan fingerprint density at radius 2 is 1.92 bits per heavy atom. The molecule has 10 heteroatoms. The van der Waals surface area contributed by atoms with Gasteiger partial charge in [-0.1, -0.05) is 0 Å². The third kappa shape index (κ3) is 2.70. The van der Waals surface area contributed by atoms with E-state index in [0.717, 1.165) is 17.0 Å². The minimum absolute atomic E-state index is 0.00159. The lowest BCUT2D eigenvalue weighted by Gasteiger charge is -2.28. The lowest BCUT2D eigenvalue weighted by atomic mass is 10.1. The predicted molar refractivity (Wildman–Crippen MR) is 79.5 cm³/mol. The number of amides is 2. The van der Waals surface area contributed by atoms with Crippen molar-refractivity contribution < 1.29 is 18.4 Å². The first-order chi connectivity index (χ1) is 11.2. The van der Waals surface area contributed by atoms with Gasteiger partial charge in [-0.05, 0) is 26.0 Å². The molecule has 2 heterocycles. The van der Waals surface area contributed by atoms with E-state index in [1.807, 2.05) is 20.8 Å². The number of tetrazole rings is 1. The van der Waals surface area contributed by atoms with Crippen LogP contribution in [0.5, 0.6) is 0 Å². The average Bonchev–Trinajstić information content (AvgIpc) is 2.97. The monoisotopic (exact) mass is 336 g/mol. The number of aromatic nitrogens is 4. The minimum Gasteiger partial charge on any atom is -0.323 e. The van der Waals surface area contributed by atoms with Crippen molar-refractivity contribution in [3.8, 4) is 0 Å². The van der Waals surface area contributed by atoms with Crippen LogP contribution >= 0.6 is 0 Å². The van der Waals surface area contributed by atoms with Crippen molar-refractivity contribution >= 4 is 23.2 Å². The Morgan fingerprint density at radius 1 is 1.25 bits per heavy atom. The van der Waals surface area contributed by atoms with E-state index in [2.05, 4.69) is 20.7 Å². The van der Waals surface area contributed by atoms with E-state index in [1.54, 1.807) is 0 Å². The third-order valence-corrected chi connectivity index (χ3v) is 3.36. The topological polar surface area (TPSA) is 93.0 Å². The molecule has 3 rings (SSSR count). The quantitative estimate of drug-likeness (QED) is 0.847. The lowest BCUT2D eigenvalue weighted by Crippen LogP contribution is -2.42. The second-order valence-electron chi connectivity index (χ2n) is 6.30. The normalized spacial score (nSPS) is 14.4.